The van der Waals surface area contributed by atoms with Crippen LogP contribution < -0.4 is 16.0 Å². The highest BCUT2D eigenvalue weighted by Gasteiger charge is 2.06. The molecule has 2 amide bonds. The van der Waals surface area contributed by atoms with Crippen LogP contribution in [0.4, 0.5) is 5.69 Å². The molecule has 0 unspecified atom stereocenters. The molecule has 2 rings (SSSR count). The molecule has 25 heavy (non-hydrogen) atoms. The summed E-state index contributed by atoms with van der Waals surface area (Å²) in [6.07, 6.45) is 2.07. The molecule has 0 aliphatic carbocycles. The Hall–Kier alpha value is -2.66. The van der Waals surface area contributed by atoms with Gasteiger partial charge < -0.3 is 16.0 Å². The average molecular weight is 339 g/mol. The van der Waals surface area contributed by atoms with Crippen LogP contribution in [0.2, 0.25) is 0 Å². The number of carbonyl (C=O) groups excluding carboxylic acids is 2. The molecule has 0 aliphatic heterocycles. The van der Waals surface area contributed by atoms with E-state index in [1.54, 1.807) is 24.3 Å². The van der Waals surface area contributed by atoms with E-state index in [1.807, 2.05) is 37.4 Å². The number of carbonyl (C=O) groups is 2. The van der Waals surface area contributed by atoms with E-state index in [-0.39, 0.29) is 11.8 Å². The lowest BCUT2D eigenvalue weighted by Gasteiger charge is -2.08. The molecular weight excluding hydrogens is 314 g/mol. The van der Waals surface area contributed by atoms with E-state index in [0.29, 0.717) is 24.2 Å². The summed E-state index contributed by atoms with van der Waals surface area (Å²) in [5.41, 5.74) is 2.48. The summed E-state index contributed by atoms with van der Waals surface area (Å²) in [6.45, 7) is 1.41. The van der Waals surface area contributed by atoms with Crippen LogP contribution in [0.5, 0.6) is 0 Å². The van der Waals surface area contributed by atoms with Crippen LogP contribution in [0.1, 0.15) is 28.8 Å². The third-order valence-corrected chi connectivity index (χ3v) is 3.80. The molecule has 0 fully saturated rings. The minimum Gasteiger partial charge on any atom is -0.352 e. The molecule has 0 atom stereocenters. The largest absolute Gasteiger partial charge is 0.352 e. The fraction of sp³-hybridized carbons (Fsp3) is 0.300. The van der Waals surface area contributed by atoms with Crippen LogP contribution in [0.25, 0.3) is 0 Å². The lowest BCUT2D eigenvalue weighted by atomic mass is 10.1. The normalized spacial score (nSPS) is 10.3. The molecule has 2 aromatic carbocycles. The molecule has 5 heteroatoms. The average Bonchev–Trinajstić information content (AvgIpc) is 2.63. The van der Waals surface area contributed by atoms with Crippen molar-refractivity contribution in [2.45, 2.75) is 19.3 Å². The molecule has 0 bridgehead atoms. The minimum absolute atomic E-state index is 0.0182. The molecule has 0 saturated heterocycles. The van der Waals surface area contributed by atoms with E-state index in [0.717, 1.165) is 19.4 Å². The van der Waals surface area contributed by atoms with Crippen molar-refractivity contribution in [1.82, 2.24) is 10.6 Å². The van der Waals surface area contributed by atoms with Gasteiger partial charge in [0, 0.05) is 24.2 Å². The summed E-state index contributed by atoms with van der Waals surface area (Å²) in [6, 6.07) is 17.0. The number of nitrogens with one attached hydrogen (secondary N) is 3. The maximum absolute atomic E-state index is 12.1. The van der Waals surface area contributed by atoms with E-state index in [2.05, 4.69) is 16.0 Å². The molecule has 0 saturated carbocycles. The van der Waals surface area contributed by atoms with Gasteiger partial charge >= 0.3 is 0 Å². The predicted octanol–water partition coefficient (Wildman–Crippen LogP) is 2.60. The van der Waals surface area contributed by atoms with Gasteiger partial charge in [0.05, 0.1) is 0 Å². The van der Waals surface area contributed by atoms with Crippen molar-refractivity contribution in [1.29, 1.82) is 0 Å². The first-order valence-electron chi connectivity index (χ1n) is 8.55. The predicted molar refractivity (Wildman–Crippen MR) is 101 cm³/mol. The van der Waals surface area contributed by atoms with Crippen molar-refractivity contribution < 1.29 is 9.59 Å². The highest BCUT2D eigenvalue weighted by Crippen LogP contribution is 2.10. The number of hydrogen-bond acceptors (Lipinski definition) is 3. The highest BCUT2D eigenvalue weighted by molar-refractivity contribution is 5.95. The molecule has 0 radical (unpaired) electrons. The highest BCUT2D eigenvalue weighted by atomic mass is 16.2. The SMILES string of the molecule is CNCCCC(=O)Nc1ccc(C(=O)NCCc2ccccc2)cc1. The van der Waals surface area contributed by atoms with Gasteiger partial charge in [-0.2, -0.15) is 0 Å². The van der Waals surface area contributed by atoms with Crippen molar-refractivity contribution in [2.24, 2.45) is 0 Å². The van der Waals surface area contributed by atoms with Gasteiger partial charge in [0.25, 0.3) is 5.91 Å². The van der Waals surface area contributed by atoms with Gasteiger partial charge in [0.2, 0.25) is 5.91 Å². The molecule has 0 aromatic heterocycles. The van der Waals surface area contributed by atoms with Gasteiger partial charge in [0.1, 0.15) is 0 Å². The molecule has 5 nitrogen and oxygen atoms in total. The van der Waals surface area contributed by atoms with Gasteiger partial charge in [-0.25, -0.2) is 0 Å². The Bertz CT molecular complexity index is 669. The maximum atomic E-state index is 12.1. The number of benzene rings is 2. The number of rotatable bonds is 9. The maximum Gasteiger partial charge on any atom is 0.251 e. The Kier molecular flexibility index (Phi) is 7.66. The molecule has 132 valence electrons. The van der Waals surface area contributed by atoms with E-state index < -0.39 is 0 Å². The standard InChI is InChI=1S/C20H25N3O2/c1-21-14-5-8-19(24)23-18-11-9-17(10-12-18)20(25)22-15-13-16-6-3-2-4-7-16/h2-4,6-7,9-12,21H,5,8,13-15H2,1H3,(H,22,25)(H,23,24). The first-order valence-corrected chi connectivity index (χ1v) is 8.55. The van der Waals surface area contributed by atoms with Crippen molar-refractivity contribution >= 4 is 17.5 Å². The molecular formula is C20H25N3O2. The molecule has 2 aromatic rings. The van der Waals surface area contributed by atoms with Gasteiger partial charge in [-0.15, -0.1) is 0 Å². The number of amides is 2. The second kappa shape index (κ2) is 10.3. The van der Waals surface area contributed by atoms with Crippen LogP contribution in [-0.2, 0) is 11.2 Å². The molecule has 3 N–H and O–H groups in total. The van der Waals surface area contributed by atoms with Crippen molar-refractivity contribution in [3.05, 3.63) is 65.7 Å². The minimum atomic E-state index is -0.108. The second-order valence-corrected chi connectivity index (χ2v) is 5.82. The Morgan fingerprint density at radius 2 is 1.64 bits per heavy atom. The van der Waals surface area contributed by atoms with E-state index in [9.17, 15) is 9.59 Å². The smallest absolute Gasteiger partial charge is 0.251 e. The Morgan fingerprint density at radius 3 is 2.32 bits per heavy atom. The number of hydrogen-bond donors (Lipinski definition) is 3. The lowest BCUT2D eigenvalue weighted by Crippen LogP contribution is -2.25. The summed E-state index contributed by atoms with van der Waals surface area (Å²) in [4.78, 5) is 23.9. The topological polar surface area (TPSA) is 70.2 Å². The summed E-state index contributed by atoms with van der Waals surface area (Å²) in [5, 5.41) is 8.75. The van der Waals surface area contributed by atoms with Crippen molar-refractivity contribution in [3.63, 3.8) is 0 Å². The van der Waals surface area contributed by atoms with Gasteiger partial charge in [-0.05, 0) is 56.3 Å². The van der Waals surface area contributed by atoms with Crippen LogP contribution in [0.15, 0.2) is 54.6 Å². The Morgan fingerprint density at radius 1 is 0.920 bits per heavy atom. The van der Waals surface area contributed by atoms with Gasteiger partial charge in [-0.3, -0.25) is 9.59 Å². The van der Waals surface area contributed by atoms with E-state index >= 15 is 0 Å². The quantitative estimate of drug-likeness (QED) is 0.615. The summed E-state index contributed by atoms with van der Waals surface area (Å²) < 4.78 is 0. The van der Waals surface area contributed by atoms with Crippen LogP contribution in [-0.4, -0.2) is 32.0 Å². The first-order chi connectivity index (χ1) is 12.2. The van der Waals surface area contributed by atoms with Gasteiger partial charge in [-0.1, -0.05) is 30.3 Å². The molecule has 0 heterocycles. The summed E-state index contributed by atoms with van der Waals surface area (Å²) >= 11 is 0. The summed E-state index contributed by atoms with van der Waals surface area (Å²) in [5.74, 6) is -0.127. The monoisotopic (exact) mass is 339 g/mol. The lowest BCUT2D eigenvalue weighted by molar-refractivity contribution is -0.116. The van der Waals surface area contributed by atoms with Crippen molar-refractivity contribution in [2.75, 3.05) is 25.5 Å². The van der Waals surface area contributed by atoms with E-state index in [1.165, 1.54) is 5.56 Å². The fourth-order valence-corrected chi connectivity index (χ4v) is 2.42. The summed E-state index contributed by atoms with van der Waals surface area (Å²) in [7, 11) is 1.86. The van der Waals surface area contributed by atoms with Crippen LogP contribution >= 0.6 is 0 Å². The fourth-order valence-electron chi connectivity index (χ4n) is 2.42. The zero-order chi connectivity index (χ0) is 17.9. The van der Waals surface area contributed by atoms with Crippen LogP contribution in [0, 0.1) is 0 Å². The third-order valence-electron chi connectivity index (χ3n) is 3.80. The van der Waals surface area contributed by atoms with Crippen LogP contribution in [0.3, 0.4) is 0 Å². The molecule has 0 spiro atoms. The van der Waals surface area contributed by atoms with Gasteiger partial charge in [0.15, 0.2) is 0 Å². The first kappa shape index (κ1) is 18.7. The zero-order valence-corrected chi connectivity index (χ0v) is 14.5. The Balaban J connectivity index is 1.76. The second-order valence-electron chi connectivity index (χ2n) is 5.82. The third kappa shape index (κ3) is 6.77. The zero-order valence-electron chi connectivity index (χ0n) is 14.5. The van der Waals surface area contributed by atoms with Crippen molar-refractivity contribution in [3.8, 4) is 0 Å². The molecule has 0 aliphatic rings. The Labute approximate surface area is 148 Å². The van der Waals surface area contributed by atoms with E-state index in [4.69, 9.17) is 0 Å². The number of anilines is 1.